The van der Waals surface area contributed by atoms with Crippen molar-refractivity contribution >= 4 is 11.8 Å². The van der Waals surface area contributed by atoms with Gasteiger partial charge in [0.15, 0.2) is 11.0 Å². The zero-order valence-corrected chi connectivity index (χ0v) is 15.2. The molecule has 0 bridgehead atoms. The minimum atomic E-state index is 0.153. The molecule has 5 heteroatoms. The summed E-state index contributed by atoms with van der Waals surface area (Å²) in [6.45, 7) is 7.82. The van der Waals surface area contributed by atoms with Gasteiger partial charge in [0, 0.05) is 17.0 Å². The summed E-state index contributed by atoms with van der Waals surface area (Å²) < 4.78 is 7.80. The number of hydrogen-bond donors (Lipinski definition) is 0. The van der Waals surface area contributed by atoms with Crippen LogP contribution in [-0.2, 0) is 0 Å². The Labute approximate surface area is 152 Å². The number of ether oxygens (including phenoxy) is 1. The zero-order valence-electron chi connectivity index (χ0n) is 14.4. The number of aromatic nitrogens is 3. The standard InChI is InChI=1S/C20H21N3OS/c1-4-14-25-20-22-21-19(23(20)17-8-6-5-7-9-17)16-10-12-18(13-11-16)24-15(2)3/h4-13,15H,1,14H2,2-3H3. The van der Waals surface area contributed by atoms with Crippen LogP contribution in [0.4, 0.5) is 0 Å². The van der Waals surface area contributed by atoms with Crippen LogP contribution in [0.3, 0.4) is 0 Å². The first-order chi connectivity index (χ1) is 12.2. The van der Waals surface area contributed by atoms with Gasteiger partial charge in [-0.05, 0) is 50.2 Å². The smallest absolute Gasteiger partial charge is 0.196 e. The molecule has 0 saturated heterocycles. The summed E-state index contributed by atoms with van der Waals surface area (Å²) in [6.07, 6.45) is 2.02. The third kappa shape index (κ3) is 4.12. The van der Waals surface area contributed by atoms with E-state index in [0.29, 0.717) is 0 Å². The van der Waals surface area contributed by atoms with Gasteiger partial charge in [0.25, 0.3) is 0 Å². The summed E-state index contributed by atoms with van der Waals surface area (Å²) in [7, 11) is 0. The third-order valence-corrected chi connectivity index (χ3v) is 4.39. The van der Waals surface area contributed by atoms with E-state index >= 15 is 0 Å². The highest BCUT2D eigenvalue weighted by Crippen LogP contribution is 2.29. The largest absolute Gasteiger partial charge is 0.491 e. The SMILES string of the molecule is C=CCSc1nnc(-c2ccc(OC(C)C)cc2)n1-c1ccccc1. The molecule has 0 saturated carbocycles. The van der Waals surface area contributed by atoms with Crippen LogP contribution in [-0.4, -0.2) is 26.6 Å². The van der Waals surface area contributed by atoms with E-state index < -0.39 is 0 Å². The van der Waals surface area contributed by atoms with Gasteiger partial charge in [0.05, 0.1) is 6.10 Å². The summed E-state index contributed by atoms with van der Waals surface area (Å²) >= 11 is 1.62. The molecular weight excluding hydrogens is 330 g/mol. The summed E-state index contributed by atoms with van der Waals surface area (Å²) in [5.41, 5.74) is 2.04. The van der Waals surface area contributed by atoms with E-state index in [1.54, 1.807) is 11.8 Å². The highest BCUT2D eigenvalue weighted by Gasteiger charge is 2.15. The highest BCUT2D eigenvalue weighted by atomic mass is 32.2. The molecule has 2 aromatic carbocycles. The fourth-order valence-corrected chi connectivity index (χ4v) is 3.13. The van der Waals surface area contributed by atoms with E-state index in [4.69, 9.17) is 4.74 Å². The number of thioether (sulfide) groups is 1. The molecule has 0 aliphatic carbocycles. The van der Waals surface area contributed by atoms with Crippen LogP contribution in [0.2, 0.25) is 0 Å². The predicted molar refractivity (Wildman–Crippen MR) is 103 cm³/mol. The maximum Gasteiger partial charge on any atom is 0.196 e. The molecule has 0 N–H and O–H groups in total. The Kier molecular flexibility index (Phi) is 5.56. The minimum absolute atomic E-state index is 0.153. The van der Waals surface area contributed by atoms with Gasteiger partial charge < -0.3 is 4.74 Å². The lowest BCUT2D eigenvalue weighted by molar-refractivity contribution is 0.242. The molecule has 0 spiro atoms. The van der Waals surface area contributed by atoms with E-state index in [9.17, 15) is 0 Å². The van der Waals surface area contributed by atoms with E-state index in [1.165, 1.54) is 0 Å². The Hall–Kier alpha value is -2.53. The molecule has 3 rings (SSSR count). The molecule has 0 unspecified atom stereocenters. The van der Waals surface area contributed by atoms with Crippen molar-refractivity contribution in [2.75, 3.05) is 5.75 Å². The molecule has 0 amide bonds. The van der Waals surface area contributed by atoms with E-state index in [-0.39, 0.29) is 6.10 Å². The Bertz CT molecular complexity index is 826. The van der Waals surface area contributed by atoms with Crippen LogP contribution in [0.5, 0.6) is 5.75 Å². The average Bonchev–Trinajstić information content (AvgIpc) is 3.04. The molecule has 1 aromatic heterocycles. The molecule has 3 aromatic rings. The third-order valence-electron chi connectivity index (χ3n) is 3.46. The van der Waals surface area contributed by atoms with E-state index in [2.05, 4.69) is 33.5 Å². The lowest BCUT2D eigenvalue weighted by atomic mass is 10.2. The molecule has 0 fully saturated rings. The first-order valence-electron chi connectivity index (χ1n) is 8.20. The first-order valence-corrected chi connectivity index (χ1v) is 9.19. The minimum Gasteiger partial charge on any atom is -0.491 e. The van der Waals surface area contributed by atoms with Gasteiger partial charge in [-0.15, -0.1) is 16.8 Å². The lowest BCUT2D eigenvalue weighted by Crippen LogP contribution is -2.05. The van der Waals surface area contributed by atoms with Crippen LogP contribution in [0.1, 0.15) is 13.8 Å². The number of nitrogens with zero attached hydrogens (tertiary/aromatic N) is 3. The molecule has 0 radical (unpaired) electrons. The van der Waals surface area contributed by atoms with Crippen LogP contribution in [0.15, 0.2) is 72.4 Å². The van der Waals surface area contributed by atoms with Crippen molar-refractivity contribution < 1.29 is 4.74 Å². The quantitative estimate of drug-likeness (QED) is 0.444. The predicted octanol–water partition coefficient (Wildman–Crippen LogP) is 5.00. The number of rotatable bonds is 7. The lowest BCUT2D eigenvalue weighted by Gasteiger charge is -2.12. The van der Waals surface area contributed by atoms with E-state index in [0.717, 1.165) is 33.7 Å². The van der Waals surface area contributed by atoms with Crippen LogP contribution in [0, 0.1) is 0 Å². The molecular formula is C20H21N3OS. The summed E-state index contributed by atoms with van der Waals surface area (Å²) in [6, 6.07) is 18.1. The van der Waals surface area contributed by atoms with Gasteiger partial charge in [0.2, 0.25) is 0 Å². The Morgan fingerprint density at radius 2 is 1.80 bits per heavy atom. The van der Waals surface area contributed by atoms with Gasteiger partial charge in [-0.2, -0.15) is 0 Å². The normalized spacial score (nSPS) is 10.8. The van der Waals surface area contributed by atoms with Crippen molar-refractivity contribution in [1.29, 1.82) is 0 Å². The second-order valence-corrected chi connectivity index (χ2v) is 6.75. The van der Waals surface area contributed by atoms with Crippen molar-refractivity contribution in [3.63, 3.8) is 0 Å². The van der Waals surface area contributed by atoms with Crippen LogP contribution < -0.4 is 4.74 Å². The van der Waals surface area contributed by atoms with Crippen LogP contribution >= 0.6 is 11.8 Å². The summed E-state index contributed by atoms with van der Waals surface area (Å²) in [5, 5.41) is 9.65. The number of hydrogen-bond acceptors (Lipinski definition) is 4. The number of para-hydroxylation sites is 1. The fourth-order valence-electron chi connectivity index (χ4n) is 2.45. The van der Waals surface area contributed by atoms with E-state index in [1.807, 2.05) is 62.4 Å². The Balaban J connectivity index is 2.01. The maximum absolute atomic E-state index is 5.72. The van der Waals surface area contributed by atoms with Gasteiger partial charge in [-0.1, -0.05) is 36.0 Å². The van der Waals surface area contributed by atoms with Gasteiger partial charge >= 0.3 is 0 Å². The van der Waals surface area contributed by atoms with Crippen molar-refractivity contribution in [3.8, 4) is 22.8 Å². The summed E-state index contributed by atoms with van der Waals surface area (Å²) in [5.74, 6) is 2.45. The molecule has 1 heterocycles. The summed E-state index contributed by atoms with van der Waals surface area (Å²) in [4.78, 5) is 0. The molecule has 25 heavy (non-hydrogen) atoms. The average molecular weight is 351 g/mol. The maximum atomic E-state index is 5.72. The second-order valence-electron chi connectivity index (χ2n) is 5.77. The second kappa shape index (κ2) is 8.03. The highest BCUT2D eigenvalue weighted by molar-refractivity contribution is 7.99. The van der Waals surface area contributed by atoms with Gasteiger partial charge in [-0.25, -0.2) is 0 Å². The zero-order chi connectivity index (χ0) is 17.6. The molecule has 0 atom stereocenters. The Morgan fingerprint density at radius 3 is 2.44 bits per heavy atom. The Morgan fingerprint density at radius 1 is 1.08 bits per heavy atom. The van der Waals surface area contributed by atoms with Crippen molar-refractivity contribution in [2.45, 2.75) is 25.1 Å². The van der Waals surface area contributed by atoms with Crippen molar-refractivity contribution in [3.05, 3.63) is 67.3 Å². The topological polar surface area (TPSA) is 39.9 Å². The molecule has 4 nitrogen and oxygen atoms in total. The molecule has 0 aliphatic heterocycles. The van der Waals surface area contributed by atoms with Crippen molar-refractivity contribution in [1.82, 2.24) is 14.8 Å². The monoisotopic (exact) mass is 351 g/mol. The molecule has 128 valence electrons. The fraction of sp³-hybridized carbons (Fsp3) is 0.200. The van der Waals surface area contributed by atoms with Gasteiger partial charge in [0.1, 0.15) is 5.75 Å². The van der Waals surface area contributed by atoms with Gasteiger partial charge in [-0.3, -0.25) is 4.57 Å². The molecule has 0 aliphatic rings. The van der Waals surface area contributed by atoms with Crippen molar-refractivity contribution in [2.24, 2.45) is 0 Å². The number of benzene rings is 2. The van der Waals surface area contributed by atoms with Crippen LogP contribution in [0.25, 0.3) is 17.1 Å². The first kappa shape index (κ1) is 17.3.